The van der Waals surface area contributed by atoms with Gasteiger partial charge < -0.3 is 9.84 Å². The van der Waals surface area contributed by atoms with Gasteiger partial charge in [0.05, 0.1) is 25.4 Å². The Morgan fingerprint density at radius 1 is 1.35 bits per heavy atom. The standard InChI is InChI=1S/C15H18F2N4O2/c16-13-2-1-11(5-14(13)17)15(22)8-20-3-4-23-12(6-20)7-21-10-18-9-19-21/h1-2,5,9-10,12,15,22H,3-4,6-8H2/t12-,15-/m1/s1. The molecule has 2 atom stereocenters. The molecule has 0 saturated carbocycles. The van der Waals surface area contributed by atoms with Gasteiger partial charge in [0, 0.05) is 19.6 Å². The highest BCUT2D eigenvalue weighted by Gasteiger charge is 2.23. The van der Waals surface area contributed by atoms with Crippen LogP contribution in [0.5, 0.6) is 0 Å². The summed E-state index contributed by atoms with van der Waals surface area (Å²) in [6, 6.07) is 3.46. The maximum Gasteiger partial charge on any atom is 0.159 e. The molecular formula is C15H18F2N4O2. The molecule has 0 amide bonds. The molecule has 0 radical (unpaired) electrons. The Morgan fingerprint density at radius 2 is 2.22 bits per heavy atom. The summed E-state index contributed by atoms with van der Waals surface area (Å²) in [5.41, 5.74) is 0.364. The number of halogens is 2. The molecule has 1 N–H and O–H groups in total. The van der Waals surface area contributed by atoms with Gasteiger partial charge in [0.25, 0.3) is 0 Å². The number of aromatic nitrogens is 3. The highest BCUT2D eigenvalue weighted by atomic mass is 19.2. The molecule has 6 nitrogen and oxygen atoms in total. The molecule has 1 aromatic carbocycles. The Morgan fingerprint density at radius 3 is 2.96 bits per heavy atom. The fourth-order valence-electron chi connectivity index (χ4n) is 2.66. The van der Waals surface area contributed by atoms with E-state index >= 15 is 0 Å². The number of ether oxygens (including phenoxy) is 1. The Kier molecular flexibility index (Phi) is 4.94. The van der Waals surface area contributed by atoms with Crippen molar-refractivity contribution in [1.82, 2.24) is 19.7 Å². The van der Waals surface area contributed by atoms with Gasteiger partial charge in [-0.3, -0.25) is 9.58 Å². The molecule has 1 saturated heterocycles. The zero-order valence-corrected chi connectivity index (χ0v) is 12.5. The molecule has 1 aliphatic rings. The van der Waals surface area contributed by atoms with Crippen LogP contribution in [0, 0.1) is 11.6 Å². The van der Waals surface area contributed by atoms with E-state index in [2.05, 4.69) is 10.1 Å². The Hall–Kier alpha value is -1.90. The highest BCUT2D eigenvalue weighted by molar-refractivity contribution is 5.20. The highest BCUT2D eigenvalue weighted by Crippen LogP contribution is 2.19. The molecule has 2 aromatic rings. The first-order chi connectivity index (χ1) is 11.1. The predicted molar refractivity (Wildman–Crippen MR) is 77.5 cm³/mol. The van der Waals surface area contributed by atoms with Gasteiger partial charge in [0.1, 0.15) is 12.7 Å². The minimum atomic E-state index is -0.951. The predicted octanol–water partition coefficient (Wildman–Crippen LogP) is 0.991. The van der Waals surface area contributed by atoms with Crippen LogP contribution in [0.2, 0.25) is 0 Å². The zero-order valence-electron chi connectivity index (χ0n) is 12.5. The SMILES string of the molecule is O[C@H](CN1CCO[C@@H](Cn2cncn2)C1)c1ccc(F)c(F)c1. The van der Waals surface area contributed by atoms with Crippen molar-refractivity contribution in [2.45, 2.75) is 18.8 Å². The first-order valence-corrected chi connectivity index (χ1v) is 7.41. The summed E-state index contributed by atoms with van der Waals surface area (Å²) < 4.78 is 33.6. The van der Waals surface area contributed by atoms with E-state index in [1.807, 2.05) is 4.90 Å². The van der Waals surface area contributed by atoms with E-state index in [-0.39, 0.29) is 6.10 Å². The molecule has 1 fully saturated rings. The zero-order chi connectivity index (χ0) is 16.2. The summed E-state index contributed by atoms with van der Waals surface area (Å²) in [6.07, 6.45) is 2.16. The van der Waals surface area contributed by atoms with Crippen LogP contribution < -0.4 is 0 Å². The van der Waals surface area contributed by atoms with Crippen LogP contribution in [-0.4, -0.2) is 57.1 Å². The van der Waals surface area contributed by atoms with Gasteiger partial charge in [-0.2, -0.15) is 5.10 Å². The molecule has 124 valence electrons. The number of aliphatic hydroxyl groups is 1. The van der Waals surface area contributed by atoms with Gasteiger partial charge in [-0.05, 0) is 17.7 Å². The lowest BCUT2D eigenvalue weighted by molar-refractivity contribution is -0.0487. The average molecular weight is 324 g/mol. The van der Waals surface area contributed by atoms with Gasteiger partial charge in [-0.15, -0.1) is 0 Å². The molecule has 0 unspecified atom stereocenters. The molecule has 0 spiro atoms. The van der Waals surface area contributed by atoms with E-state index in [0.29, 0.717) is 38.3 Å². The second-order valence-corrected chi connectivity index (χ2v) is 5.56. The number of benzene rings is 1. The van der Waals surface area contributed by atoms with Crippen molar-refractivity contribution in [3.63, 3.8) is 0 Å². The van der Waals surface area contributed by atoms with E-state index in [4.69, 9.17) is 4.74 Å². The van der Waals surface area contributed by atoms with Gasteiger partial charge in [-0.25, -0.2) is 13.8 Å². The van der Waals surface area contributed by atoms with Crippen LogP contribution in [0.4, 0.5) is 8.78 Å². The number of hydrogen-bond donors (Lipinski definition) is 1. The Bertz CT molecular complexity index is 638. The lowest BCUT2D eigenvalue weighted by Crippen LogP contribution is -2.45. The van der Waals surface area contributed by atoms with Crippen LogP contribution in [-0.2, 0) is 11.3 Å². The number of β-amino-alcohol motifs (C(OH)–C–C–N with tert-alkyl or cyclic N) is 1. The average Bonchev–Trinajstić information content (AvgIpc) is 3.03. The molecule has 1 aliphatic heterocycles. The van der Waals surface area contributed by atoms with Crippen molar-refractivity contribution in [3.8, 4) is 0 Å². The van der Waals surface area contributed by atoms with Gasteiger partial charge >= 0.3 is 0 Å². The van der Waals surface area contributed by atoms with Gasteiger partial charge in [0.2, 0.25) is 0 Å². The van der Waals surface area contributed by atoms with Crippen molar-refractivity contribution in [2.75, 3.05) is 26.2 Å². The maximum atomic E-state index is 13.3. The first kappa shape index (κ1) is 16.0. The third-order valence-electron chi connectivity index (χ3n) is 3.84. The number of morpholine rings is 1. The summed E-state index contributed by atoms with van der Waals surface area (Å²) in [5, 5.41) is 14.3. The number of aliphatic hydroxyl groups excluding tert-OH is 1. The van der Waals surface area contributed by atoms with Crippen molar-refractivity contribution in [1.29, 1.82) is 0 Å². The normalized spacial score (nSPS) is 20.6. The van der Waals surface area contributed by atoms with E-state index < -0.39 is 17.7 Å². The summed E-state index contributed by atoms with van der Waals surface area (Å²) in [4.78, 5) is 5.93. The van der Waals surface area contributed by atoms with Crippen molar-refractivity contribution < 1.29 is 18.6 Å². The van der Waals surface area contributed by atoms with E-state index in [9.17, 15) is 13.9 Å². The molecule has 23 heavy (non-hydrogen) atoms. The molecule has 8 heteroatoms. The summed E-state index contributed by atoms with van der Waals surface area (Å²) >= 11 is 0. The second-order valence-electron chi connectivity index (χ2n) is 5.56. The monoisotopic (exact) mass is 324 g/mol. The maximum absolute atomic E-state index is 13.3. The van der Waals surface area contributed by atoms with Crippen molar-refractivity contribution >= 4 is 0 Å². The topological polar surface area (TPSA) is 63.4 Å². The number of rotatable bonds is 5. The lowest BCUT2D eigenvalue weighted by Gasteiger charge is -2.34. The molecule has 3 rings (SSSR count). The first-order valence-electron chi connectivity index (χ1n) is 7.41. The molecule has 0 bridgehead atoms. The molecular weight excluding hydrogens is 306 g/mol. The number of hydrogen-bond acceptors (Lipinski definition) is 5. The second kappa shape index (κ2) is 7.12. The van der Waals surface area contributed by atoms with Crippen LogP contribution in [0.25, 0.3) is 0 Å². The van der Waals surface area contributed by atoms with Crippen LogP contribution in [0.1, 0.15) is 11.7 Å². The quantitative estimate of drug-likeness (QED) is 0.889. The fourth-order valence-corrected chi connectivity index (χ4v) is 2.66. The van der Waals surface area contributed by atoms with Crippen LogP contribution in [0.15, 0.2) is 30.9 Å². The van der Waals surface area contributed by atoms with Crippen LogP contribution in [0.3, 0.4) is 0 Å². The van der Waals surface area contributed by atoms with E-state index in [0.717, 1.165) is 12.1 Å². The summed E-state index contributed by atoms with van der Waals surface area (Å²) in [5.74, 6) is -1.87. The third kappa shape index (κ3) is 4.10. The summed E-state index contributed by atoms with van der Waals surface area (Å²) in [7, 11) is 0. The van der Waals surface area contributed by atoms with Crippen molar-refractivity contribution in [3.05, 3.63) is 48.1 Å². The van der Waals surface area contributed by atoms with E-state index in [1.165, 1.54) is 12.4 Å². The Balaban J connectivity index is 1.57. The number of nitrogens with zero attached hydrogens (tertiary/aromatic N) is 4. The minimum absolute atomic E-state index is 0.0531. The Labute approximate surface area is 132 Å². The van der Waals surface area contributed by atoms with Gasteiger partial charge in [0.15, 0.2) is 11.6 Å². The smallest absolute Gasteiger partial charge is 0.159 e. The fraction of sp³-hybridized carbons (Fsp3) is 0.467. The molecule has 0 aliphatic carbocycles. The largest absolute Gasteiger partial charge is 0.387 e. The van der Waals surface area contributed by atoms with Gasteiger partial charge in [-0.1, -0.05) is 6.07 Å². The van der Waals surface area contributed by atoms with Crippen LogP contribution >= 0.6 is 0 Å². The van der Waals surface area contributed by atoms with Crippen molar-refractivity contribution in [2.24, 2.45) is 0 Å². The van der Waals surface area contributed by atoms with E-state index in [1.54, 1.807) is 11.0 Å². The minimum Gasteiger partial charge on any atom is -0.387 e. The third-order valence-corrected chi connectivity index (χ3v) is 3.84. The molecule has 1 aromatic heterocycles. The summed E-state index contributed by atoms with van der Waals surface area (Å²) in [6.45, 7) is 2.76. The lowest BCUT2D eigenvalue weighted by atomic mass is 10.1. The molecule has 2 heterocycles.